The zero-order valence-corrected chi connectivity index (χ0v) is 10.3. The number of amides is 2. The second-order valence-electron chi connectivity index (χ2n) is 3.23. The van der Waals surface area contributed by atoms with Crippen LogP contribution in [0.3, 0.4) is 0 Å². The fourth-order valence-electron chi connectivity index (χ4n) is 1.13. The number of aromatic carboxylic acids is 1. The molecule has 5 nitrogen and oxygen atoms in total. The fraction of sp³-hybridized carbons (Fsp3) is 0.167. The summed E-state index contributed by atoms with van der Waals surface area (Å²) in [6, 6.07) is 3.56. The molecule has 0 aliphatic carbocycles. The van der Waals surface area contributed by atoms with Crippen molar-refractivity contribution in [3.63, 3.8) is 0 Å². The first-order chi connectivity index (χ1) is 8.54. The first-order valence-electron chi connectivity index (χ1n) is 5.02. The van der Waals surface area contributed by atoms with Crippen molar-refractivity contribution in [2.75, 3.05) is 11.9 Å². The highest BCUT2D eigenvalue weighted by molar-refractivity contribution is 6.33. The highest BCUT2D eigenvalue weighted by Crippen LogP contribution is 2.22. The molecule has 0 spiro atoms. The summed E-state index contributed by atoms with van der Waals surface area (Å²) in [5, 5.41) is 14.0. The van der Waals surface area contributed by atoms with Crippen molar-refractivity contribution in [3.05, 3.63) is 28.8 Å². The van der Waals surface area contributed by atoms with E-state index < -0.39 is 12.0 Å². The number of benzene rings is 1. The average Bonchev–Trinajstić information content (AvgIpc) is 2.32. The van der Waals surface area contributed by atoms with Crippen molar-refractivity contribution >= 4 is 29.3 Å². The highest BCUT2D eigenvalue weighted by atomic mass is 35.5. The lowest BCUT2D eigenvalue weighted by Crippen LogP contribution is -2.29. The summed E-state index contributed by atoms with van der Waals surface area (Å²) < 4.78 is 0. The Labute approximate surface area is 109 Å². The number of carbonyl (C=O) groups excluding carboxylic acids is 1. The standard InChI is InChI=1S/C12H11ClN2O3/c1-2-3-6-14-12(18)15-10-7-8(11(16)17)4-5-9(10)13/h4-5,7H,6H2,1H3,(H,16,17)(H2,14,15,18). The minimum Gasteiger partial charge on any atom is -0.478 e. The van der Waals surface area contributed by atoms with E-state index in [4.69, 9.17) is 16.7 Å². The van der Waals surface area contributed by atoms with Gasteiger partial charge in [-0.2, -0.15) is 0 Å². The molecule has 0 atom stereocenters. The van der Waals surface area contributed by atoms with E-state index in [1.54, 1.807) is 6.92 Å². The first kappa shape index (κ1) is 13.9. The molecular weight excluding hydrogens is 256 g/mol. The molecule has 0 saturated carbocycles. The second-order valence-corrected chi connectivity index (χ2v) is 3.64. The van der Waals surface area contributed by atoms with E-state index in [-0.39, 0.29) is 22.8 Å². The molecule has 0 bridgehead atoms. The number of urea groups is 1. The molecule has 0 aliphatic rings. The Morgan fingerprint density at radius 3 is 2.78 bits per heavy atom. The van der Waals surface area contributed by atoms with Gasteiger partial charge < -0.3 is 15.7 Å². The zero-order valence-electron chi connectivity index (χ0n) is 9.58. The summed E-state index contributed by atoms with van der Waals surface area (Å²) in [6.07, 6.45) is 0. The third-order valence-corrected chi connectivity index (χ3v) is 2.31. The van der Waals surface area contributed by atoms with Crippen LogP contribution in [0.2, 0.25) is 5.02 Å². The van der Waals surface area contributed by atoms with E-state index in [1.165, 1.54) is 18.2 Å². The summed E-state index contributed by atoms with van der Waals surface area (Å²) in [4.78, 5) is 22.2. The van der Waals surface area contributed by atoms with Crippen LogP contribution in [0.25, 0.3) is 0 Å². The molecule has 0 aromatic heterocycles. The number of anilines is 1. The van der Waals surface area contributed by atoms with Crippen LogP contribution >= 0.6 is 11.6 Å². The van der Waals surface area contributed by atoms with Crippen LogP contribution in [0.4, 0.5) is 10.5 Å². The monoisotopic (exact) mass is 266 g/mol. The zero-order chi connectivity index (χ0) is 13.5. The predicted octanol–water partition coefficient (Wildman–Crippen LogP) is 2.18. The molecule has 0 heterocycles. The molecule has 18 heavy (non-hydrogen) atoms. The number of hydrogen-bond donors (Lipinski definition) is 3. The van der Waals surface area contributed by atoms with Gasteiger partial charge >= 0.3 is 12.0 Å². The van der Waals surface area contributed by atoms with Gasteiger partial charge in [-0.05, 0) is 25.1 Å². The van der Waals surface area contributed by atoms with E-state index in [9.17, 15) is 9.59 Å². The molecule has 0 saturated heterocycles. The molecule has 1 rings (SSSR count). The molecule has 2 amide bonds. The number of carboxylic acid groups (broad SMARTS) is 1. The summed E-state index contributed by atoms with van der Waals surface area (Å²) in [5.41, 5.74) is 0.279. The van der Waals surface area contributed by atoms with Gasteiger partial charge in [0.15, 0.2) is 0 Å². The van der Waals surface area contributed by atoms with Gasteiger partial charge in [0.1, 0.15) is 0 Å². The summed E-state index contributed by atoms with van der Waals surface area (Å²) >= 11 is 5.84. The Kier molecular flexibility index (Phi) is 5.03. The van der Waals surface area contributed by atoms with Crippen LogP contribution in [-0.2, 0) is 0 Å². The lowest BCUT2D eigenvalue weighted by molar-refractivity contribution is 0.0697. The van der Waals surface area contributed by atoms with Crippen LogP contribution in [0.5, 0.6) is 0 Å². The largest absolute Gasteiger partial charge is 0.478 e. The number of rotatable bonds is 3. The lowest BCUT2D eigenvalue weighted by atomic mass is 10.2. The van der Waals surface area contributed by atoms with Gasteiger partial charge in [0, 0.05) is 0 Å². The summed E-state index contributed by atoms with van der Waals surface area (Å²) in [5.74, 6) is 4.20. The van der Waals surface area contributed by atoms with Crippen molar-refractivity contribution in [2.24, 2.45) is 0 Å². The number of nitrogens with one attached hydrogen (secondary N) is 2. The Balaban J connectivity index is 2.76. The van der Waals surface area contributed by atoms with E-state index in [0.29, 0.717) is 0 Å². The van der Waals surface area contributed by atoms with Gasteiger partial charge in [0.05, 0.1) is 22.8 Å². The maximum absolute atomic E-state index is 11.4. The Morgan fingerprint density at radius 2 is 2.17 bits per heavy atom. The van der Waals surface area contributed by atoms with Crippen LogP contribution in [0.15, 0.2) is 18.2 Å². The quantitative estimate of drug-likeness (QED) is 0.734. The van der Waals surface area contributed by atoms with Gasteiger partial charge in [-0.1, -0.05) is 17.5 Å². The Hall–Kier alpha value is -2.19. The van der Waals surface area contributed by atoms with Crippen LogP contribution in [-0.4, -0.2) is 23.7 Å². The first-order valence-corrected chi connectivity index (χ1v) is 5.39. The topological polar surface area (TPSA) is 78.4 Å². The molecular formula is C12H11ClN2O3. The number of carbonyl (C=O) groups is 2. The molecule has 0 radical (unpaired) electrons. The minimum atomic E-state index is -1.09. The molecule has 94 valence electrons. The van der Waals surface area contributed by atoms with Crippen molar-refractivity contribution in [1.82, 2.24) is 5.32 Å². The average molecular weight is 267 g/mol. The molecule has 6 heteroatoms. The van der Waals surface area contributed by atoms with Crippen LogP contribution in [0, 0.1) is 11.8 Å². The maximum atomic E-state index is 11.4. The van der Waals surface area contributed by atoms with Crippen LogP contribution < -0.4 is 10.6 Å². The molecule has 3 N–H and O–H groups in total. The number of halogens is 1. The third-order valence-electron chi connectivity index (χ3n) is 1.98. The highest BCUT2D eigenvalue weighted by Gasteiger charge is 2.09. The van der Waals surface area contributed by atoms with Gasteiger partial charge in [-0.15, -0.1) is 5.92 Å². The van der Waals surface area contributed by atoms with Gasteiger partial charge in [-0.3, -0.25) is 0 Å². The molecule has 0 aliphatic heterocycles. The normalized spacial score (nSPS) is 9.00. The Bertz CT molecular complexity index is 532. The molecule has 0 unspecified atom stereocenters. The van der Waals surface area contributed by atoms with Gasteiger partial charge in [0.2, 0.25) is 0 Å². The predicted molar refractivity (Wildman–Crippen MR) is 68.9 cm³/mol. The van der Waals surface area contributed by atoms with E-state index in [2.05, 4.69) is 22.5 Å². The van der Waals surface area contributed by atoms with Crippen LogP contribution in [0.1, 0.15) is 17.3 Å². The van der Waals surface area contributed by atoms with E-state index in [1.807, 2.05) is 0 Å². The maximum Gasteiger partial charge on any atom is 0.335 e. The lowest BCUT2D eigenvalue weighted by Gasteiger charge is -2.08. The van der Waals surface area contributed by atoms with Crippen molar-refractivity contribution in [3.8, 4) is 11.8 Å². The van der Waals surface area contributed by atoms with Gasteiger partial charge in [0.25, 0.3) is 0 Å². The van der Waals surface area contributed by atoms with E-state index >= 15 is 0 Å². The number of hydrogen-bond acceptors (Lipinski definition) is 2. The van der Waals surface area contributed by atoms with Crippen molar-refractivity contribution in [2.45, 2.75) is 6.92 Å². The smallest absolute Gasteiger partial charge is 0.335 e. The third kappa shape index (κ3) is 4.00. The fourth-order valence-corrected chi connectivity index (χ4v) is 1.30. The molecule has 1 aromatic carbocycles. The van der Waals surface area contributed by atoms with Crippen molar-refractivity contribution in [1.29, 1.82) is 0 Å². The van der Waals surface area contributed by atoms with Crippen molar-refractivity contribution < 1.29 is 14.7 Å². The molecule has 1 aromatic rings. The van der Waals surface area contributed by atoms with Gasteiger partial charge in [-0.25, -0.2) is 9.59 Å². The minimum absolute atomic E-state index is 0.0445. The Morgan fingerprint density at radius 1 is 1.44 bits per heavy atom. The number of carboxylic acids is 1. The van der Waals surface area contributed by atoms with E-state index in [0.717, 1.165) is 0 Å². The molecule has 0 fully saturated rings. The summed E-state index contributed by atoms with van der Waals surface area (Å²) in [6.45, 7) is 1.87. The second kappa shape index (κ2) is 6.52. The summed E-state index contributed by atoms with van der Waals surface area (Å²) in [7, 11) is 0. The SMILES string of the molecule is CC#CCNC(=O)Nc1cc(C(=O)O)ccc1Cl.